The molecule has 3 nitrogen and oxygen atoms in total. The minimum atomic E-state index is -0.317. The average molecular weight is 169 g/mol. The number of rotatable bonds is 4. The summed E-state index contributed by atoms with van der Waals surface area (Å²) in [6.07, 6.45) is 1.33. The van der Waals surface area contributed by atoms with Gasteiger partial charge in [0.25, 0.3) is 0 Å². The summed E-state index contributed by atoms with van der Waals surface area (Å²) in [5, 5.41) is 12.1. The van der Waals surface area contributed by atoms with E-state index >= 15 is 0 Å². The summed E-state index contributed by atoms with van der Waals surface area (Å²) in [4.78, 5) is 0. The Labute approximate surface area is 72.4 Å². The van der Waals surface area contributed by atoms with E-state index in [9.17, 15) is 0 Å². The molecule has 0 saturated heterocycles. The summed E-state index contributed by atoms with van der Waals surface area (Å²) < 4.78 is 5.18. The SMILES string of the molecule is C[C@H](NC[C@@H](C)O)c1ccco1. The van der Waals surface area contributed by atoms with E-state index in [-0.39, 0.29) is 12.1 Å². The van der Waals surface area contributed by atoms with Crippen LogP contribution in [0.4, 0.5) is 0 Å². The lowest BCUT2D eigenvalue weighted by Gasteiger charge is -2.12. The Morgan fingerprint density at radius 2 is 2.33 bits per heavy atom. The van der Waals surface area contributed by atoms with Gasteiger partial charge in [-0.15, -0.1) is 0 Å². The molecule has 0 aliphatic carbocycles. The molecular weight excluding hydrogens is 154 g/mol. The monoisotopic (exact) mass is 169 g/mol. The van der Waals surface area contributed by atoms with Crippen LogP contribution >= 0.6 is 0 Å². The molecule has 2 N–H and O–H groups in total. The van der Waals surface area contributed by atoms with Crippen molar-refractivity contribution in [1.82, 2.24) is 5.32 Å². The van der Waals surface area contributed by atoms with Gasteiger partial charge in [-0.25, -0.2) is 0 Å². The van der Waals surface area contributed by atoms with Crippen molar-refractivity contribution in [2.75, 3.05) is 6.54 Å². The van der Waals surface area contributed by atoms with Gasteiger partial charge in [-0.3, -0.25) is 0 Å². The molecule has 1 aromatic heterocycles. The molecule has 0 aliphatic rings. The molecule has 68 valence electrons. The number of aliphatic hydroxyl groups excluding tert-OH is 1. The zero-order valence-electron chi connectivity index (χ0n) is 7.45. The van der Waals surface area contributed by atoms with Crippen molar-refractivity contribution in [2.24, 2.45) is 0 Å². The third kappa shape index (κ3) is 2.68. The van der Waals surface area contributed by atoms with Crippen molar-refractivity contribution < 1.29 is 9.52 Å². The first-order chi connectivity index (χ1) is 5.70. The summed E-state index contributed by atoms with van der Waals surface area (Å²) in [6.45, 7) is 4.34. The summed E-state index contributed by atoms with van der Waals surface area (Å²) in [5.41, 5.74) is 0. The lowest BCUT2D eigenvalue weighted by Crippen LogP contribution is -2.26. The third-order valence-corrected chi connectivity index (χ3v) is 1.69. The van der Waals surface area contributed by atoms with Gasteiger partial charge in [0.15, 0.2) is 0 Å². The van der Waals surface area contributed by atoms with Crippen molar-refractivity contribution in [2.45, 2.75) is 26.0 Å². The van der Waals surface area contributed by atoms with Crippen molar-refractivity contribution in [3.63, 3.8) is 0 Å². The lowest BCUT2D eigenvalue weighted by molar-refractivity contribution is 0.185. The molecule has 1 aromatic rings. The maximum absolute atomic E-state index is 9.01. The van der Waals surface area contributed by atoms with Gasteiger partial charge >= 0.3 is 0 Å². The molecule has 0 radical (unpaired) electrons. The van der Waals surface area contributed by atoms with Crippen LogP contribution in [-0.2, 0) is 0 Å². The normalized spacial score (nSPS) is 15.9. The van der Waals surface area contributed by atoms with Crippen LogP contribution in [-0.4, -0.2) is 17.8 Å². The Bertz CT molecular complexity index is 206. The molecule has 0 aromatic carbocycles. The van der Waals surface area contributed by atoms with Crippen LogP contribution in [0.15, 0.2) is 22.8 Å². The first-order valence-electron chi connectivity index (χ1n) is 4.15. The Morgan fingerprint density at radius 3 is 2.83 bits per heavy atom. The molecule has 3 heteroatoms. The predicted octanol–water partition coefficient (Wildman–Crippen LogP) is 1.31. The van der Waals surface area contributed by atoms with Gasteiger partial charge in [0.05, 0.1) is 18.4 Å². The molecule has 1 rings (SSSR count). The van der Waals surface area contributed by atoms with Gasteiger partial charge in [0.2, 0.25) is 0 Å². The molecule has 0 amide bonds. The number of hydrogen-bond donors (Lipinski definition) is 2. The molecule has 0 bridgehead atoms. The Balaban J connectivity index is 2.34. The van der Waals surface area contributed by atoms with Gasteiger partial charge < -0.3 is 14.8 Å². The highest BCUT2D eigenvalue weighted by Crippen LogP contribution is 2.11. The fraction of sp³-hybridized carbons (Fsp3) is 0.556. The van der Waals surface area contributed by atoms with Crippen LogP contribution in [0.1, 0.15) is 25.6 Å². The second-order valence-corrected chi connectivity index (χ2v) is 2.99. The van der Waals surface area contributed by atoms with E-state index in [4.69, 9.17) is 9.52 Å². The molecule has 0 aliphatic heterocycles. The largest absolute Gasteiger partial charge is 0.468 e. The second-order valence-electron chi connectivity index (χ2n) is 2.99. The van der Waals surface area contributed by atoms with Crippen molar-refractivity contribution in [3.05, 3.63) is 24.2 Å². The highest BCUT2D eigenvalue weighted by atomic mass is 16.3. The maximum atomic E-state index is 9.01. The molecule has 0 fully saturated rings. The zero-order chi connectivity index (χ0) is 8.97. The number of nitrogens with one attached hydrogen (secondary N) is 1. The summed E-state index contributed by atoms with van der Waals surface area (Å²) in [5.74, 6) is 0.899. The molecule has 0 saturated carbocycles. The highest BCUT2D eigenvalue weighted by molar-refractivity contribution is 5.02. The maximum Gasteiger partial charge on any atom is 0.120 e. The Kier molecular flexibility index (Phi) is 3.31. The van der Waals surface area contributed by atoms with Gasteiger partial charge in [0, 0.05) is 6.54 Å². The van der Waals surface area contributed by atoms with Crippen molar-refractivity contribution in [3.8, 4) is 0 Å². The molecule has 2 atom stereocenters. The zero-order valence-corrected chi connectivity index (χ0v) is 7.45. The number of aliphatic hydroxyl groups is 1. The fourth-order valence-electron chi connectivity index (χ4n) is 0.986. The fourth-order valence-corrected chi connectivity index (χ4v) is 0.986. The molecule has 1 heterocycles. The molecule has 12 heavy (non-hydrogen) atoms. The lowest BCUT2D eigenvalue weighted by atomic mass is 10.2. The van der Waals surface area contributed by atoms with Crippen LogP contribution in [0.25, 0.3) is 0 Å². The topological polar surface area (TPSA) is 45.4 Å². The predicted molar refractivity (Wildman–Crippen MR) is 46.8 cm³/mol. The van der Waals surface area contributed by atoms with E-state index in [2.05, 4.69) is 5.32 Å². The minimum Gasteiger partial charge on any atom is -0.468 e. The van der Waals surface area contributed by atoms with Crippen LogP contribution in [0.3, 0.4) is 0 Å². The van der Waals surface area contributed by atoms with Crippen LogP contribution < -0.4 is 5.32 Å². The van der Waals surface area contributed by atoms with Crippen LogP contribution in [0.2, 0.25) is 0 Å². The molecule has 0 unspecified atom stereocenters. The standard InChI is InChI=1S/C9H15NO2/c1-7(11)6-10-8(2)9-4-3-5-12-9/h3-5,7-8,10-11H,6H2,1-2H3/t7-,8+/m1/s1. The molecule has 0 spiro atoms. The summed E-state index contributed by atoms with van der Waals surface area (Å²) in [6, 6.07) is 3.94. The Morgan fingerprint density at radius 1 is 1.58 bits per heavy atom. The molecular formula is C9H15NO2. The summed E-state index contributed by atoms with van der Waals surface area (Å²) in [7, 11) is 0. The number of hydrogen-bond acceptors (Lipinski definition) is 3. The van der Waals surface area contributed by atoms with Gasteiger partial charge in [-0.05, 0) is 26.0 Å². The smallest absolute Gasteiger partial charge is 0.120 e. The van der Waals surface area contributed by atoms with Gasteiger partial charge in [-0.1, -0.05) is 0 Å². The van der Waals surface area contributed by atoms with Gasteiger partial charge in [-0.2, -0.15) is 0 Å². The second kappa shape index (κ2) is 4.28. The minimum absolute atomic E-state index is 0.162. The van der Waals surface area contributed by atoms with Crippen molar-refractivity contribution in [1.29, 1.82) is 0 Å². The summed E-state index contributed by atoms with van der Waals surface area (Å²) >= 11 is 0. The van der Waals surface area contributed by atoms with E-state index in [1.165, 1.54) is 0 Å². The van der Waals surface area contributed by atoms with E-state index < -0.39 is 0 Å². The van der Waals surface area contributed by atoms with Crippen LogP contribution in [0, 0.1) is 0 Å². The first-order valence-corrected chi connectivity index (χ1v) is 4.15. The van der Waals surface area contributed by atoms with E-state index in [1.807, 2.05) is 19.1 Å². The van der Waals surface area contributed by atoms with Crippen molar-refractivity contribution >= 4 is 0 Å². The quantitative estimate of drug-likeness (QED) is 0.714. The van der Waals surface area contributed by atoms with Crippen LogP contribution in [0.5, 0.6) is 0 Å². The van der Waals surface area contributed by atoms with E-state index in [1.54, 1.807) is 13.2 Å². The average Bonchev–Trinajstić information content (AvgIpc) is 2.51. The van der Waals surface area contributed by atoms with Gasteiger partial charge in [0.1, 0.15) is 5.76 Å². The first kappa shape index (κ1) is 9.29. The van der Waals surface area contributed by atoms with E-state index in [0.29, 0.717) is 6.54 Å². The number of furan rings is 1. The third-order valence-electron chi connectivity index (χ3n) is 1.69. The Hall–Kier alpha value is -0.800. The highest BCUT2D eigenvalue weighted by Gasteiger charge is 2.07. The van der Waals surface area contributed by atoms with E-state index in [0.717, 1.165) is 5.76 Å².